The number of aliphatic hydroxyl groups excluding tert-OH is 8. The largest absolute Gasteiger partial charge is 0.394 e. The van der Waals surface area contributed by atoms with Gasteiger partial charge in [0, 0.05) is 6.42 Å². The summed E-state index contributed by atoms with van der Waals surface area (Å²) in [4.78, 5) is 13.3. The van der Waals surface area contributed by atoms with Gasteiger partial charge in [-0.25, -0.2) is 0 Å². The second kappa shape index (κ2) is 55.1. The predicted molar refractivity (Wildman–Crippen MR) is 341 cm³/mol. The highest BCUT2D eigenvalue weighted by atomic mass is 16.7. The molecule has 2 rings (SSSR count). The van der Waals surface area contributed by atoms with E-state index in [-0.39, 0.29) is 18.9 Å². The summed E-state index contributed by atoms with van der Waals surface area (Å²) in [5.41, 5.74) is 0. The summed E-state index contributed by atoms with van der Waals surface area (Å²) in [6.45, 7) is 2.81. The van der Waals surface area contributed by atoms with Crippen LogP contribution < -0.4 is 5.32 Å². The second-order valence-corrected chi connectivity index (χ2v) is 24.6. The van der Waals surface area contributed by atoms with Crippen LogP contribution in [0.4, 0.5) is 0 Å². The van der Waals surface area contributed by atoms with Crippen molar-refractivity contribution < 1.29 is 64.6 Å². The Morgan fingerprint density at radius 3 is 1.24 bits per heavy atom. The summed E-state index contributed by atoms with van der Waals surface area (Å²) in [6, 6.07) is -0.933. The van der Waals surface area contributed by atoms with Crippen LogP contribution in [0.3, 0.4) is 0 Å². The minimum absolute atomic E-state index is 0.246. The summed E-state index contributed by atoms with van der Waals surface area (Å²) in [5, 5.41) is 87.4. The highest BCUT2D eigenvalue weighted by Gasteiger charge is 2.51. The molecule has 9 N–H and O–H groups in total. The van der Waals surface area contributed by atoms with E-state index in [1.807, 2.05) is 6.08 Å². The van der Waals surface area contributed by atoms with E-state index in [0.717, 1.165) is 38.5 Å². The number of rotatable bonds is 57. The zero-order valence-electron chi connectivity index (χ0n) is 53.4. The average Bonchev–Trinajstić information content (AvgIpc) is 3.62. The van der Waals surface area contributed by atoms with Crippen LogP contribution in [-0.2, 0) is 23.7 Å². The molecule has 0 aromatic carbocycles. The van der Waals surface area contributed by atoms with Crippen molar-refractivity contribution in [3.05, 3.63) is 48.6 Å². The summed E-state index contributed by atoms with van der Waals surface area (Å²) in [6.07, 6.45) is 54.5. The Morgan fingerprint density at radius 1 is 0.429 bits per heavy atom. The van der Waals surface area contributed by atoms with Gasteiger partial charge in [-0.05, 0) is 64.2 Å². The van der Waals surface area contributed by atoms with Crippen molar-refractivity contribution in [2.24, 2.45) is 0 Å². The van der Waals surface area contributed by atoms with Gasteiger partial charge in [-0.2, -0.15) is 0 Å². The van der Waals surface area contributed by atoms with Gasteiger partial charge in [0.1, 0.15) is 48.8 Å². The highest BCUT2D eigenvalue weighted by molar-refractivity contribution is 5.76. The van der Waals surface area contributed by atoms with Crippen LogP contribution in [0.2, 0.25) is 0 Å². The lowest BCUT2D eigenvalue weighted by molar-refractivity contribution is -0.359. The van der Waals surface area contributed by atoms with Crippen molar-refractivity contribution >= 4 is 5.91 Å². The molecular weight excluding hydrogens is 1060 g/mol. The molecule has 492 valence electrons. The summed E-state index contributed by atoms with van der Waals surface area (Å²) < 4.78 is 22.8. The normalized spacial score (nSPS) is 23.9. The molecule has 2 aliphatic heterocycles. The van der Waals surface area contributed by atoms with E-state index in [0.29, 0.717) is 12.8 Å². The fraction of sp³-hybridized carbons (Fsp3) is 0.871. The van der Waals surface area contributed by atoms with Crippen molar-refractivity contribution in [3.8, 4) is 0 Å². The molecule has 2 fully saturated rings. The molecule has 0 spiro atoms. The number of aliphatic hydroxyl groups is 8. The first-order valence-electron chi connectivity index (χ1n) is 34.9. The number of hydrogen-bond donors (Lipinski definition) is 9. The van der Waals surface area contributed by atoms with E-state index < -0.39 is 86.8 Å². The van der Waals surface area contributed by atoms with Gasteiger partial charge in [0.15, 0.2) is 12.6 Å². The maximum Gasteiger partial charge on any atom is 0.220 e. The minimum atomic E-state index is -1.79. The third kappa shape index (κ3) is 39.1. The Morgan fingerprint density at radius 2 is 0.798 bits per heavy atom. The van der Waals surface area contributed by atoms with E-state index >= 15 is 0 Å². The van der Waals surface area contributed by atoms with Gasteiger partial charge in [0.25, 0.3) is 0 Å². The van der Waals surface area contributed by atoms with Crippen molar-refractivity contribution in [3.63, 3.8) is 0 Å². The molecular formula is C70H129NO13. The third-order valence-electron chi connectivity index (χ3n) is 17.0. The van der Waals surface area contributed by atoms with Crippen LogP contribution in [-0.4, -0.2) is 140 Å². The Bertz CT molecular complexity index is 1590. The molecule has 2 saturated heterocycles. The van der Waals surface area contributed by atoms with Crippen LogP contribution in [0, 0.1) is 0 Å². The monoisotopic (exact) mass is 1190 g/mol. The Hall–Kier alpha value is -2.05. The van der Waals surface area contributed by atoms with Gasteiger partial charge < -0.3 is 65.1 Å². The smallest absolute Gasteiger partial charge is 0.220 e. The van der Waals surface area contributed by atoms with E-state index in [1.165, 1.54) is 225 Å². The number of unbranched alkanes of at least 4 members (excludes halogenated alkanes) is 38. The van der Waals surface area contributed by atoms with Gasteiger partial charge in [-0.15, -0.1) is 0 Å². The average molecular weight is 1190 g/mol. The maximum atomic E-state index is 13.3. The minimum Gasteiger partial charge on any atom is -0.394 e. The molecule has 0 bridgehead atoms. The molecule has 0 aliphatic carbocycles. The number of allylic oxidation sites excluding steroid dienone is 7. The Balaban J connectivity index is 1.70. The Labute approximate surface area is 512 Å². The summed E-state index contributed by atoms with van der Waals surface area (Å²) in [5.74, 6) is -0.246. The Kier molecular flexibility index (Phi) is 51.1. The zero-order valence-corrected chi connectivity index (χ0v) is 53.4. The number of hydrogen-bond acceptors (Lipinski definition) is 13. The number of ether oxygens (including phenoxy) is 4. The van der Waals surface area contributed by atoms with Crippen LogP contribution in [0.1, 0.15) is 296 Å². The summed E-state index contributed by atoms with van der Waals surface area (Å²) >= 11 is 0. The topological polar surface area (TPSA) is 228 Å². The highest BCUT2D eigenvalue weighted by Crippen LogP contribution is 2.30. The SMILES string of the molecule is CCCCCCC/C=C\C/C=C\CCCCCCCCCCCCCCCCCC(=O)NC(COC1OC(CO)C(OC2OC(CO)C(O)C(O)C2O)C(O)C1O)C(O)/C=C/CC/C=C/CCCCCCCCCCCCCCCCCCC. The lowest BCUT2D eigenvalue weighted by Gasteiger charge is -2.46. The van der Waals surface area contributed by atoms with Gasteiger partial charge in [0.2, 0.25) is 5.91 Å². The molecule has 1 amide bonds. The first kappa shape index (κ1) is 78.0. The van der Waals surface area contributed by atoms with E-state index in [1.54, 1.807) is 6.08 Å². The van der Waals surface area contributed by atoms with Crippen molar-refractivity contribution in [2.45, 2.75) is 370 Å². The van der Waals surface area contributed by atoms with Gasteiger partial charge in [-0.1, -0.05) is 274 Å². The van der Waals surface area contributed by atoms with Crippen LogP contribution in [0.15, 0.2) is 48.6 Å². The van der Waals surface area contributed by atoms with Crippen LogP contribution >= 0.6 is 0 Å². The maximum absolute atomic E-state index is 13.3. The molecule has 2 heterocycles. The lowest BCUT2D eigenvalue weighted by Crippen LogP contribution is -2.65. The van der Waals surface area contributed by atoms with E-state index in [9.17, 15) is 45.6 Å². The van der Waals surface area contributed by atoms with Crippen molar-refractivity contribution in [1.82, 2.24) is 5.32 Å². The van der Waals surface area contributed by atoms with Crippen LogP contribution in [0.25, 0.3) is 0 Å². The number of amides is 1. The fourth-order valence-electron chi connectivity index (χ4n) is 11.4. The third-order valence-corrected chi connectivity index (χ3v) is 17.0. The molecule has 0 aromatic rings. The van der Waals surface area contributed by atoms with Crippen molar-refractivity contribution in [1.29, 1.82) is 0 Å². The molecule has 14 heteroatoms. The van der Waals surface area contributed by atoms with Gasteiger partial charge in [0.05, 0.1) is 32.0 Å². The molecule has 12 unspecified atom stereocenters. The quantitative estimate of drug-likeness (QED) is 0.0204. The zero-order chi connectivity index (χ0) is 60.9. The number of nitrogens with one attached hydrogen (secondary N) is 1. The summed E-state index contributed by atoms with van der Waals surface area (Å²) in [7, 11) is 0. The van der Waals surface area contributed by atoms with E-state index in [4.69, 9.17) is 18.9 Å². The second-order valence-electron chi connectivity index (χ2n) is 24.6. The number of carbonyl (C=O) groups excluding carboxylic acids is 1. The molecule has 2 aliphatic rings. The molecule has 0 radical (unpaired) electrons. The van der Waals surface area contributed by atoms with Crippen LogP contribution in [0.5, 0.6) is 0 Å². The predicted octanol–water partition coefficient (Wildman–Crippen LogP) is 13.9. The molecule has 0 aromatic heterocycles. The first-order valence-corrected chi connectivity index (χ1v) is 34.9. The molecule has 12 atom stereocenters. The van der Waals surface area contributed by atoms with Crippen molar-refractivity contribution in [2.75, 3.05) is 19.8 Å². The molecule has 14 nitrogen and oxygen atoms in total. The fourth-order valence-corrected chi connectivity index (χ4v) is 11.4. The molecule has 0 saturated carbocycles. The first-order chi connectivity index (χ1) is 41.1. The molecule has 84 heavy (non-hydrogen) atoms. The lowest BCUT2D eigenvalue weighted by atomic mass is 9.97. The number of carbonyl (C=O) groups is 1. The standard InChI is InChI=1S/C70H129NO13/c1-3-5-7-9-11-13-15-17-19-21-23-25-27-28-29-30-32-34-36-38-40-42-44-46-48-50-52-54-62(75)71-58(57-81-69-67(80)65(78)68(61(56-73)83-69)84-70-66(79)64(77)63(76)60(55-72)82-70)59(74)53-51-49-47-45-43-41-39-37-35-33-31-26-24-22-20-18-16-14-12-10-8-6-4-2/h15,17,21,23,43,45,51,53,58-61,63-70,72-74,76-80H,3-14,16,18-20,22,24-42,44,46-50,52,54-57H2,1-2H3,(H,71,75)/b17-15-,23-21-,45-43+,53-51+. The van der Waals surface area contributed by atoms with E-state index in [2.05, 4.69) is 55.6 Å². The van der Waals surface area contributed by atoms with Gasteiger partial charge >= 0.3 is 0 Å². The van der Waals surface area contributed by atoms with Gasteiger partial charge in [-0.3, -0.25) is 4.79 Å².